The van der Waals surface area contributed by atoms with Gasteiger partial charge in [0.15, 0.2) is 0 Å². The second-order valence-corrected chi connectivity index (χ2v) is 7.01. The van der Waals surface area contributed by atoms with Crippen molar-refractivity contribution in [1.82, 2.24) is 9.88 Å². The van der Waals surface area contributed by atoms with Gasteiger partial charge in [0, 0.05) is 36.6 Å². The summed E-state index contributed by atoms with van der Waals surface area (Å²) in [5, 5.41) is 22.0. The molecular weight excluding hydrogens is 390 g/mol. The molecule has 9 nitrogen and oxygen atoms in total. The van der Waals surface area contributed by atoms with E-state index in [4.69, 9.17) is 4.74 Å². The maximum absolute atomic E-state index is 12.8. The average molecular weight is 411 g/mol. The Kier molecular flexibility index (Phi) is 6.22. The monoisotopic (exact) mass is 411 g/mol. The normalized spacial score (nSPS) is 18.2. The zero-order valence-corrected chi connectivity index (χ0v) is 16.5. The molecule has 30 heavy (non-hydrogen) atoms. The summed E-state index contributed by atoms with van der Waals surface area (Å²) in [5.74, 6) is -2.11. The van der Waals surface area contributed by atoms with E-state index in [1.807, 2.05) is 13.8 Å². The molecule has 1 amide bonds. The summed E-state index contributed by atoms with van der Waals surface area (Å²) in [4.78, 5) is 41.4. The molecular formula is C21H21N3O6. The number of benzene rings is 1. The first kappa shape index (κ1) is 21.1. The molecule has 2 aromatic rings. The van der Waals surface area contributed by atoms with Crippen molar-refractivity contribution in [1.29, 1.82) is 0 Å². The van der Waals surface area contributed by atoms with Crippen LogP contribution in [0.2, 0.25) is 0 Å². The number of aromatic nitrogens is 1. The zero-order chi connectivity index (χ0) is 21.8. The van der Waals surface area contributed by atoms with Gasteiger partial charge in [0.1, 0.15) is 5.76 Å². The first-order valence-corrected chi connectivity index (χ1v) is 9.36. The number of aliphatic hydroxyl groups excluding tert-OH is 1. The van der Waals surface area contributed by atoms with Crippen LogP contribution in [0.25, 0.3) is 5.76 Å². The summed E-state index contributed by atoms with van der Waals surface area (Å²) >= 11 is 0. The molecule has 1 saturated heterocycles. The Morgan fingerprint density at radius 1 is 1.30 bits per heavy atom. The SMILES string of the molecule is CC(C)OCCN1C(=O)C(=O)/C(=C(\O)c2cccc([N+](=O)[O-])c2)C1c1cccnc1. The van der Waals surface area contributed by atoms with Crippen LogP contribution >= 0.6 is 0 Å². The second kappa shape index (κ2) is 8.83. The Labute approximate surface area is 172 Å². The molecule has 1 aromatic carbocycles. The molecule has 2 heterocycles. The van der Waals surface area contributed by atoms with E-state index in [1.54, 1.807) is 18.3 Å². The van der Waals surface area contributed by atoms with E-state index in [-0.39, 0.29) is 36.1 Å². The number of nitro groups is 1. The van der Waals surface area contributed by atoms with Gasteiger partial charge >= 0.3 is 0 Å². The van der Waals surface area contributed by atoms with E-state index < -0.39 is 28.4 Å². The Morgan fingerprint density at radius 3 is 2.70 bits per heavy atom. The molecule has 0 bridgehead atoms. The van der Waals surface area contributed by atoms with Gasteiger partial charge in [-0.3, -0.25) is 24.7 Å². The number of nitrogens with zero attached hydrogens (tertiary/aromatic N) is 3. The lowest BCUT2D eigenvalue weighted by Crippen LogP contribution is -2.33. The first-order chi connectivity index (χ1) is 14.3. The third-order valence-corrected chi connectivity index (χ3v) is 4.65. The molecule has 1 aliphatic rings. The van der Waals surface area contributed by atoms with E-state index in [0.717, 1.165) is 6.07 Å². The maximum atomic E-state index is 12.8. The Balaban J connectivity index is 2.09. The van der Waals surface area contributed by atoms with Gasteiger partial charge in [0.2, 0.25) is 0 Å². The number of carbonyl (C=O) groups is 2. The van der Waals surface area contributed by atoms with Gasteiger partial charge in [0.25, 0.3) is 17.4 Å². The molecule has 1 atom stereocenters. The van der Waals surface area contributed by atoms with E-state index in [2.05, 4.69) is 4.98 Å². The zero-order valence-electron chi connectivity index (χ0n) is 16.5. The third kappa shape index (κ3) is 4.20. The van der Waals surface area contributed by atoms with Crippen LogP contribution in [0.1, 0.15) is 31.0 Å². The maximum Gasteiger partial charge on any atom is 0.295 e. The molecule has 0 saturated carbocycles. The lowest BCUT2D eigenvalue weighted by Gasteiger charge is -2.25. The number of Topliss-reactive ketones (excluding diaryl/α,β-unsaturated/α-hetero) is 1. The number of carbonyl (C=O) groups excluding carboxylic acids is 2. The lowest BCUT2D eigenvalue weighted by molar-refractivity contribution is -0.384. The van der Waals surface area contributed by atoms with Crippen LogP contribution in [-0.2, 0) is 14.3 Å². The van der Waals surface area contributed by atoms with Crippen LogP contribution < -0.4 is 0 Å². The third-order valence-electron chi connectivity index (χ3n) is 4.65. The van der Waals surface area contributed by atoms with Crippen molar-refractivity contribution in [2.75, 3.05) is 13.2 Å². The lowest BCUT2D eigenvalue weighted by atomic mass is 9.96. The molecule has 1 fully saturated rings. The fourth-order valence-electron chi connectivity index (χ4n) is 3.30. The van der Waals surface area contributed by atoms with E-state index in [0.29, 0.717) is 5.56 Å². The van der Waals surface area contributed by atoms with Crippen LogP contribution in [-0.4, -0.2) is 50.9 Å². The summed E-state index contributed by atoms with van der Waals surface area (Å²) in [6, 6.07) is 7.75. The quantitative estimate of drug-likeness (QED) is 0.244. The minimum atomic E-state index is -0.881. The summed E-state index contributed by atoms with van der Waals surface area (Å²) < 4.78 is 5.52. The van der Waals surface area contributed by atoms with Crippen molar-refractivity contribution in [3.05, 3.63) is 75.6 Å². The standard InChI is InChI=1S/C21H21N3O6/c1-13(2)30-10-9-23-18(15-6-4-8-22-12-15)17(20(26)21(23)27)19(25)14-5-3-7-16(11-14)24(28)29/h3-8,11-13,18,25H,9-10H2,1-2H3/b19-17-. The number of likely N-dealkylation sites (tertiary alicyclic amines) is 1. The first-order valence-electron chi connectivity index (χ1n) is 9.36. The molecule has 0 radical (unpaired) electrons. The van der Waals surface area contributed by atoms with Crippen molar-refractivity contribution in [3.8, 4) is 0 Å². The highest BCUT2D eigenvalue weighted by Gasteiger charge is 2.46. The summed E-state index contributed by atoms with van der Waals surface area (Å²) in [6.07, 6.45) is 3.01. The minimum absolute atomic E-state index is 0.0523. The molecule has 156 valence electrons. The smallest absolute Gasteiger partial charge is 0.295 e. The number of pyridine rings is 1. The fraction of sp³-hybridized carbons (Fsp3) is 0.286. The predicted octanol–water partition coefficient (Wildman–Crippen LogP) is 2.84. The predicted molar refractivity (Wildman–Crippen MR) is 107 cm³/mol. The molecule has 1 aromatic heterocycles. The summed E-state index contributed by atoms with van der Waals surface area (Å²) in [6.45, 7) is 4.05. The van der Waals surface area contributed by atoms with E-state index >= 15 is 0 Å². The molecule has 1 N–H and O–H groups in total. The molecule has 1 unspecified atom stereocenters. The Morgan fingerprint density at radius 2 is 2.07 bits per heavy atom. The van der Waals surface area contributed by atoms with Gasteiger partial charge in [-0.1, -0.05) is 18.2 Å². The number of nitro benzene ring substituents is 1. The van der Waals surface area contributed by atoms with E-state index in [1.165, 1.54) is 29.3 Å². The summed E-state index contributed by atoms with van der Waals surface area (Å²) in [5.41, 5.74) is 0.234. The van der Waals surface area contributed by atoms with Gasteiger partial charge in [0.05, 0.1) is 29.2 Å². The van der Waals surface area contributed by atoms with Crippen molar-refractivity contribution in [2.24, 2.45) is 0 Å². The molecule has 0 spiro atoms. The van der Waals surface area contributed by atoms with Crippen LogP contribution in [0.4, 0.5) is 5.69 Å². The van der Waals surface area contributed by atoms with E-state index in [9.17, 15) is 24.8 Å². The molecule has 3 rings (SSSR count). The van der Waals surface area contributed by atoms with Crippen molar-refractivity contribution < 1.29 is 24.4 Å². The van der Waals surface area contributed by atoms with Gasteiger partial charge in [-0.2, -0.15) is 0 Å². The van der Waals surface area contributed by atoms with Crippen molar-refractivity contribution in [2.45, 2.75) is 26.0 Å². The van der Waals surface area contributed by atoms with Crippen LogP contribution in [0, 0.1) is 10.1 Å². The highest BCUT2D eigenvalue weighted by molar-refractivity contribution is 6.46. The summed E-state index contributed by atoms with van der Waals surface area (Å²) in [7, 11) is 0. The highest BCUT2D eigenvalue weighted by Crippen LogP contribution is 2.39. The number of aliphatic hydroxyl groups is 1. The van der Waals surface area contributed by atoms with Crippen LogP contribution in [0.15, 0.2) is 54.4 Å². The van der Waals surface area contributed by atoms with Gasteiger partial charge in [-0.15, -0.1) is 0 Å². The molecule has 9 heteroatoms. The Bertz CT molecular complexity index is 1000. The second-order valence-electron chi connectivity index (χ2n) is 7.01. The molecule has 1 aliphatic heterocycles. The number of hydrogen-bond donors (Lipinski definition) is 1. The van der Waals surface area contributed by atoms with Crippen molar-refractivity contribution >= 4 is 23.1 Å². The van der Waals surface area contributed by atoms with Crippen LogP contribution in [0.3, 0.4) is 0 Å². The number of ketones is 1. The highest BCUT2D eigenvalue weighted by atomic mass is 16.6. The van der Waals surface area contributed by atoms with Gasteiger partial charge in [-0.05, 0) is 25.5 Å². The van der Waals surface area contributed by atoms with Crippen LogP contribution in [0.5, 0.6) is 0 Å². The topological polar surface area (TPSA) is 123 Å². The average Bonchev–Trinajstić information content (AvgIpc) is 2.98. The molecule has 0 aliphatic carbocycles. The Hall–Kier alpha value is -3.59. The number of ether oxygens (including phenoxy) is 1. The number of amides is 1. The number of rotatable bonds is 7. The fourth-order valence-corrected chi connectivity index (χ4v) is 3.30. The number of non-ortho nitro benzene ring substituents is 1. The van der Waals surface area contributed by atoms with Crippen molar-refractivity contribution in [3.63, 3.8) is 0 Å². The number of hydrogen-bond acceptors (Lipinski definition) is 7. The minimum Gasteiger partial charge on any atom is -0.507 e. The van der Waals surface area contributed by atoms with Gasteiger partial charge < -0.3 is 14.7 Å². The van der Waals surface area contributed by atoms with Gasteiger partial charge in [-0.25, -0.2) is 0 Å². The largest absolute Gasteiger partial charge is 0.507 e.